The predicted octanol–water partition coefficient (Wildman–Crippen LogP) is 6.81. The largest absolute Gasteiger partial charge is 0.497 e. The van der Waals surface area contributed by atoms with E-state index in [0.717, 1.165) is 28.0 Å². The summed E-state index contributed by atoms with van der Waals surface area (Å²) in [6.07, 6.45) is -0.815. The number of esters is 1. The summed E-state index contributed by atoms with van der Waals surface area (Å²) in [5, 5.41) is 13.0. The van der Waals surface area contributed by atoms with Crippen molar-refractivity contribution in [3.63, 3.8) is 0 Å². The Labute approximate surface area is 400 Å². The molecule has 2 amide bonds. The minimum atomic E-state index is -1.70. The highest BCUT2D eigenvalue weighted by molar-refractivity contribution is 6.12. The van der Waals surface area contributed by atoms with E-state index in [4.69, 9.17) is 23.7 Å². The third-order valence-electron chi connectivity index (χ3n) is 14.1. The Hall–Kier alpha value is -7.63. The van der Waals surface area contributed by atoms with Gasteiger partial charge in [0.1, 0.15) is 35.7 Å². The predicted molar refractivity (Wildman–Crippen MR) is 255 cm³/mol. The number of benzene rings is 6. The Balaban J connectivity index is 1.08. The Morgan fingerprint density at radius 1 is 0.739 bits per heavy atom. The van der Waals surface area contributed by atoms with Gasteiger partial charge in [0.25, 0.3) is 0 Å². The number of ether oxygens (including phenoxy) is 5. The van der Waals surface area contributed by atoms with Crippen LogP contribution in [0.5, 0.6) is 23.0 Å². The van der Waals surface area contributed by atoms with E-state index in [1.165, 1.54) is 0 Å². The van der Waals surface area contributed by atoms with E-state index in [2.05, 4.69) is 27.0 Å². The maximum atomic E-state index is 16.1. The molecule has 5 heterocycles. The van der Waals surface area contributed by atoms with Crippen LogP contribution in [0.2, 0.25) is 0 Å². The van der Waals surface area contributed by atoms with Crippen LogP contribution >= 0.6 is 0 Å². The Bertz CT molecular complexity index is 2970. The number of cyclic esters (lactones) is 1. The van der Waals surface area contributed by atoms with Gasteiger partial charge in [0.05, 0.1) is 31.7 Å². The maximum Gasteiger partial charge on any atom is 0.324 e. The fourth-order valence-electron chi connectivity index (χ4n) is 11.0. The molecule has 13 nitrogen and oxygen atoms in total. The SMILES string of the molecule is COc1ccc(C#Cc2ccc3c(c2)[C@]2(C(=O)N3)[C@H](c3cccc(OCCO)c3)N3[C@H](c4ccccc4)[C@H](c4ccccc4)OC(=O)[C@H]3[C@@H]2C(=O)N2CCN(Cc3ccc4c(c3)OCO4)CC2)cc1. The summed E-state index contributed by atoms with van der Waals surface area (Å²) in [5.74, 6) is 6.62. The van der Waals surface area contributed by atoms with Crippen LogP contribution in [-0.4, -0.2) is 96.9 Å². The van der Waals surface area contributed by atoms with Gasteiger partial charge in [-0.15, -0.1) is 0 Å². The molecule has 348 valence electrons. The van der Waals surface area contributed by atoms with E-state index < -0.39 is 47.4 Å². The van der Waals surface area contributed by atoms with E-state index in [1.807, 2.05) is 144 Å². The van der Waals surface area contributed by atoms with Crippen molar-refractivity contribution in [1.82, 2.24) is 14.7 Å². The van der Waals surface area contributed by atoms with Crippen molar-refractivity contribution < 1.29 is 43.2 Å². The van der Waals surface area contributed by atoms with E-state index >= 15 is 14.4 Å². The van der Waals surface area contributed by atoms with Crippen molar-refractivity contribution in [3.05, 3.63) is 185 Å². The van der Waals surface area contributed by atoms with Crippen molar-refractivity contribution in [2.45, 2.75) is 36.2 Å². The monoisotopic (exact) mass is 922 g/mol. The smallest absolute Gasteiger partial charge is 0.324 e. The molecule has 0 unspecified atom stereocenters. The number of nitrogens with zero attached hydrogens (tertiary/aromatic N) is 3. The van der Waals surface area contributed by atoms with Gasteiger partial charge in [-0.2, -0.15) is 0 Å². The summed E-state index contributed by atoms with van der Waals surface area (Å²) < 4.78 is 29.2. The normalized spacial score (nSPS) is 23.6. The highest BCUT2D eigenvalue weighted by atomic mass is 16.7. The second kappa shape index (κ2) is 18.5. The molecule has 3 saturated heterocycles. The van der Waals surface area contributed by atoms with Gasteiger partial charge in [0.2, 0.25) is 18.6 Å². The zero-order chi connectivity index (χ0) is 47.1. The van der Waals surface area contributed by atoms with Gasteiger partial charge in [0, 0.05) is 49.5 Å². The number of hydrogen-bond acceptors (Lipinski definition) is 11. The second-order valence-corrected chi connectivity index (χ2v) is 17.9. The second-order valence-electron chi connectivity index (χ2n) is 17.9. The number of hydrogen-bond donors (Lipinski definition) is 2. The number of carbonyl (C=O) groups is 3. The first-order valence-electron chi connectivity index (χ1n) is 23.3. The van der Waals surface area contributed by atoms with Gasteiger partial charge in [-0.1, -0.05) is 90.7 Å². The summed E-state index contributed by atoms with van der Waals surface area (Å²) in [6, 6.07) is 43.1. The van der Waals surface area contributed by atoms with Crippen LogP contribution in [-0.2, 0) is 31.1 Å². The number of aliphatic hydroxyl groups excluding tert-OH is 1. The number of methoxy groups -OCH3 is 1. The topological polar surface area (TPSA) is 139 Å². The molecule has 0 radical (unpaired) electrons. The number of rotatable bonds is 10. The number of anilines is 1. The average Bonchev–Trinajstić information content (AvgIpc) is 4.08. The third kappa shape index (κ3) is 7.90. The molecule has 0 saturated carbocycles. The van der Waals surface area contributed by atoms with E-state index in [-0.39, 0.29) is 25.9 Å². The van der Waals surface area contributed by atoms with Crippen LogP contribution < -0.4 is 24.3 Å². The zero-order valence-electron chi connectivity index (χ0n) is 38.0. The molecule has 0 aliphatic carbocycles. The molecule has 6 aromatic rings. The van der Waals surface area contributed by atoms with Gasteiger partial charge >= 0.3 is 5.97 Å². The Kier molecular flexibility index (Phi) is 11.7. The van der Waals surface area contributed by atoms with Crippen LogP contribution in [0.15, 0.2) is 146 Å². The molecule has 11 rings (SSSR count). The minimum Gasteiger partial charge on any atom is -0.497 e. The summed E-state index contributed by atoms with van der Waals surface area (Å²) >= 11 is 0. The summed E-state index contributed by atoms with van der Waals surface area (Å²) in [5.41, 5.74) is 4.11. The van der Waals surface area contributed by atoms with Crippen LogP contribution in [0.4, 0.5) is 5.69 Å². The zero-order valence-corrected chi connectivity index (χ0v) is 38.0. The average molecular weight is 923 g/mol. The number of nitrogens with one attached hydrogen (secondary N) is 1. The number of aliphatic hydroxyl groups is 1. The lowest BCUT2D eigenvalue weighted by Crippen LogP contribution is -2.58. The van der Waals surface area contributed by atoms with Crippen LogP contribution in [0, 0.1) is 17.8 Å². The molecule has 3 fully saturated rings. The molecule has 6 atom stereocenters. The number of morpholine rings is 1. The van der Waals surface area contributed by atoms with E-state index in [1.54, 1.807) is 13.2 Å². The number of fused-ring (bicyclic) bond motifs is 4. The molecule has 0 aromatic heterocycles. The molecule has 69 heavy (non-hydrogen) atoms. The van der Waals surface area contributed by atoms with Crippen molar-refractivity contribution in [2.24, 2.45) is 5.92 Å². The van der Waals surface area contributed by atoms with Crippen LogP contribution in [0.1, 0.15) is 57.1 Å². The number of piperazine rings is 1. The highest BCUT2D eigenvalue weighted by Gasteiger charge is 2.74. The molecular weight excluding hydrogens is 873 g/mol. The molecule has 1 spiro atoms. The first-order valence-corrected chi connectivity index (χ1v) is 23.3. The van der Waals surface area contributed by atoms with Gasteiger partial charge in [0.15, 0.2) is 11.5 Å². The number of carbonyl (C=O) groups excluding carboxylic acids is 3. The van der Waals surface area contributed by atoms with Crippen LogP contribution in [0.3, 0.4) is 0 Å². The molecule has 0 bridgehead atoms. The van der Waals surface area contributed by atoms with Crippen molar-refractivity contribution in [2.75, 3.05) is 58.6 Å². The lowest BCUT2D eigenvalue weighted by atomic mass is 9.65. The van der Waals surface area contributed by atoms with E-state index in [9.17, 15) is 5.11 Å². The molecule has 5 aliphatic heterocycles. The first kappa shape index (κ1) is 43.9. The summed E-state index contributed by atoms with van der Waals surface area (Å²) in [4.78, 5) is 53.5. The maximum absolute atomic E-state index is 16.1. The lowest BCUT2D eigenvalue weighted by Gasteiger charge is -2.46. The van der Waals surface area contributed by atoms with Gasteiger partial charge in [-0.3, -0.25) is 24.2 Å². The standard InChI is InChI=1S/C56H50N4O9/c1-65-42-21-17-36(18-22-42)15-16-37-19-23-45-44(31-37)56(55(64)57-45)48(53(62)59-27-25-58(26-28-59)34-38-20-24-46-47(32-38)68-35-67-46)50-54(63)69-51(40-11-6-3-7-12-40)49(39-9-4-2-5-10-39)60(50)52(56)41-13-8-14-43(33-41)66-30-29-61/h2-14,17-24,31-33,48-52,61H,25-30,34-35H2,1H3,(H,57,64)/t48-,49-,50-,51+,52+,56-/m1/s1. The summed E-state index contributed by atoms with van der Waals surface area (Å²) in [7, 11) is 1.61. The molecule has 6 aromatic carbocycles. The van der Waals surface area contributed by atoms with Crippen molar-refractivity contribution >= 4 is 23.5 Å². The van der Waals surface area contributed by atoms with Gasteiger partial charge < -0.3 is 39.0 Å². The third-order valence-corrected chi connectivity index (χ3v) is 14.1. The fourth-order valence-corrected chi connectivity index (χ4v) is 11.0. The van der Waals surface area contributed by atoms with Crippen molar-refractivity contribution in [1.29, 1.82) is 0 Å². The van der Waals surface area contributed by atoms with Gasteiger partial charge in [-0.05, 0) is 94.5 Å². The Morgan fingerprint density at radius 3 is 2.20 bits per heavy atom. The lowest BCUT2D eigenvalue weighted by molar-refractivity contribution is -0.179. The number of amides is 2. The Morgan fingerprint density at radius 2 is 1.45 bits per heavy atom. The van der Waals surface area contributed by atoms with Crippen LogP contribution in [0.25, 0.3) is 0 Å². The van der Waals surface area contributed by atoms with Gasteiger partial charge in [-0.25, -0.2) is 0 Å². The quantitative estimate of drug-likeness (QED) is 0.111. The highest BCUT2D eigenvalue weighted by Crippen LogP contribution is 2.65. The molecular formula is C56H50N4O9. The summed E-state index contributed by atoms with van der Waals surface area (Å²) in [6.45, 7) is 2.52. The molecule has 2 N–H and O–H groups in total. The van der Waals surface area contributed by atoms with Crippen molar-refractivity contribution in [3.8, 4) is 34.8 Å². The fraction of sp³-hybridized carbons (Fsp3) is 0.268. The van der Waals surface area contributed by atoms with E-state index in [0.29, 0.717) is 72.4 Å². The molecule has 13 heteroatoms. The molecule has 5 aliphatic rings. The first-order chi connectivity index (χ1) is 33.8. The minimum absolute atomic E-state index is 0.0436.